The third kappa shape index (κ3) is 5.30. The van der Waals surface area contributed by atoms with Gasteiger partial charge in [-0.1, -0.05) is 6.58 Å². The summed E-state index contributed by atoms with van der Waals surface area (Å²) >= 11 is 1.49. The topological polar surface area (TPSA) is 76.9 Å². The molecular weight excluding hydrogens is 526 g/mol. The van der Waals surface area contributed by atoms with Gasteiger partial charge in [0.05, 0.1) is 31.4 Å². The van der Waals surface area contributed by atoms with E-state index < -0.39 is 17.3 Å². The van der Waals surface area contributed by atoms with Gasteiger partial charge in [-0.25, -0.2) is 13.6 Å². The lowest BCUT2D eigenvalue weighted by atomic mass is 9.97. The molecule has 1 atom stereocenters. The summed E-state index contributed by atoms with van der Waals surface area (Å²) in [4.78, 5) is 34.6. The number of ether oxygens (including phenoxy) is 2. The molecule has 2 aliphatic rings. The van der Waals surface area contributed by atoms with Crippen LogP contribution in [0.2, 0.25) is 0 Å². The third-order valence-corrected chi connectivity index (χ3v) is 8.33. The number of aromatic nitrogens is 2. The standard InChI is InChI=1S/C28H30F2N4O4S/c1-4-23(35)32-7-9-33(10-8-32)27-21-13-17(2)24(20-6-5-18(29)14-22(20)30)26-25(21)34(28(36)31-27)15-19(16-39-26)38-12-11-37-3/h4-6,13-14,19H,1,7-12,15-16H2,2-3H3/t19-/m0/s1. The number of rotatable bonds is 7. The molecule has 0 aliphatic carbocycles. The summed E-state index contributed by atoms with van der Waals surface area (Å²) in [6.07, 6.45) is 0.999. The Morgan fingerprint density at radius 2 is 1.97 bits per heavy atom. The molecule has 1 saturated heterocycles. The van der Waals surface area contributed by atoms with E-state index in [4.69, 9.17) is 9.47 Å². The molecule has 0 N–H and O–H groups in total. The first-order valence-corrected chi connectivity index (χ1v) is 13.7. The molecule has 0 spiro atoms. The van der Waals surface area contributed by atoms with Crippen molar-refractivity contribution < 1.29 is 23.0 Å². The first-order chi connectivity index (χ1) is 18.8. The van der Waals surface area contributed by atoms with Crippen LogP contribution in [0, 0.1) is 18.6 Å². The van der Waals surface area contributed by atoms with Crippen LogP contribution in [-0.2, 0) is 20.8 Å². The number of nitrogens with zero attached hydrogens (tertiary/aromatic N) is 4. The van der Waals surface area contributed by atoms with Gasteiger partial charge in [0.15, 0.2) is 0 Å². The molecule has 0 radical (unpaired) electrons. The molecule has 1 aromatic heterocycles. The maximum absolute atomic E-state index is 15.1. The van der Waals surface area contributed by atoms with Gasteiger partial charge in [0.2, 0.25) is 5.91 Å². The van der Waals surface area contributed by atoms with Gasteiger partial charge in [-0.15, -0.1) is 11.8 Å². The highest BCUT2D eigenvalue weighted by Crippen LogP contribution is 2.44. The lowest BCUT2D eigenvalue weighted by Gasteiger charge is -2.35. The van der Waals surface area contributed by atoms with Crippen molar-refractivity contribution in [2.45, 2.75) is 24.5 Å². The van der Waals surface area contributed by atoms with Crippen LogP contribution in [0.4, 0.5) is 14.6 Å². The monoisotopic (exact) mass is 556 g/mol. The van der Waals surface area contributed by atoms with Crippen LogP contribution in [0.1, 0.15) is 5.56 Å². The zero-order chi connectivity index (χ0) is 27.7. The van der Waals surface area contributed by atoms with E-state index in [1.165, 1.54) is 30.0 Å². The highest BCUT2D eigenvalue weighted by molar-refractivity contribution is 7.99. The lowest BCUT2D eigenvalue weighted by Crippen LogP contribution is -2.49. The maximum Gasteiger partial charge on any atom is 0.350 e. The quantitative estimate of drug-likeness (QED) is 0.325. The van der Waals surface area contributed by atoms with E-state index >= 15 is 4.39 Å². The van der Waals surface area contributed by atoms with E-state index in [2.05, 4.69) is 11.6 Å². The van der Waals surface area contributed by atoms with Gasteiger partial charge in [0.25, 0.3) is 0 Å². The van der Waals surface area contributed by atoms with E-state index in [1.54, 1.807) is 16.6 Å². The van der Waals surface area contributed by atoms with E-state index in [0.717, 1.165) is 21.9 Å². The summed E-state index contributed by atoms with van der Waals surface area (Å²) in [5.74, 6) is -0.396. The molecule has 2 aliphatic heterocycles. The number of halogens is 2. The summed E-state index contributed by atoms with van der Waals surface area (Å²) < 4.78 is 41.6. The predicted molar refractivity (Wildman–Crippen MR) is 147 cm³/mol. The minimum absolute atomic E-state index is 0.131. The number of aryl methyl sites for hydroxylation is 1. The van der Waals surface area contributed by atoms with Gasteiger partial charge >= 0.3 is 5.69 Å². The summed E-state index contributed by atoms with van der Waals surface area (Å²) in [6, 6.07) is 5.47. The lowest BCUT2D eigenvalue weighted by molar-refractivity contribution is -0.126. The number of hydrogen-bond acceptors (Lipinski definition) is 7. The molecule has 3 heterocycles. The average molecular weight is 557 g/mol. The zero-order valence-electron chi connectivity index (χ0n) is 21.9. The Kier molecular flexibility index (Phi) is 8.01. The molecule has 0 bridgehead atoms. The first kappa shape index (κ1) is 27.3. The molecule has 8 nitrogen and oxygen atoms in total. The molecule has 2 aromatic carbocycles. The van der Waals surface area contributed by atoms with Crippen molar-refractivity contribution >= 4 is 34.4 Å². The SMILES string of the molecule is C=CC(=O)N1CCN(c2nc(=O)n3c4c(c(-c5ccc(F)cc5F)c(C)cc24)SC[C@@H](OCCOC)C3)CC1. The second kappa shape index (κ2) is 11.4. The Bertz CT molecular complexity index is 1490. The average Bonchev–Trinajstić information content (AvgIpc) is 3.12. The molecule has 0 unspecified atom stereocenters. The Morgan fingerprint density at radius 3 is 2.67 bits per heavy atom. The summed E-state index contributed by atoms with van der Waals surface area (Å²) in [6.45, 7) is 8.48. The van der Waals surface area contributed by atoms with E-state index in [1.807, 2.05) is 17.9 Å². The summed E-state index contributed by atoms with van der Waals surface area (Å²) in [7, 11) is 1.59. The van der Waals surface area contributed by atoms with Gasteiger partial charge < -0.3 is 19.3 Å². The Balaban J connectivity index is 1.67. The van der Waals surface area contributed by atoms with Crippen LogP contribution in [0.3, 0.4) is 0 Å². The number of piperazine rings is 1. The molecule has 39 heavy (non-hydrogen) atoms. The Labute approximate surface area is 229 Å². The van der Waals surface area contributed by atoms with Crippen molar-refractivity contribution in [2.75, 3.05) is 57.2 Å². The Morgan fingerprint density at radius 1 is 1.21 bits per heavy atom. The number of carbonyl (C=O) groups excluding carboxylic acids is 1. The molecule has 1 amide bonds. The molecular formula is C28H30F2N4O4S. The predicted octanol–water partition coefficient (Wildman–Crippen LogP) is 3.62. The van der Waals surface area contributed by atoms with Gasteiger partial charge in [-0.3, -0.25) is 9.36 Å². The van der Waals surface area contributed by atoms with Crippen LogP contribution in [0.25, 0.3) is 22.0 Å². The van der Waals surface area contributed by atoms with Crippen LogP contribution in [0.15, 0.2) is 46.6 Å². The largest absolute Gasteiger partial charge is 0.382 e. The molecule has 206 valence electrons. The second-order valence-electron chi connectivity index (χ2n) is 9.56. The fourth-order valence-electron chi connectivity index (χ4n) is 5.20. The van der Waals surface area contributed by atoms with Crippen molar-refractivity contribution in [1.82, 2.24) is 14.5 Å². The van der Waals surface area contributed by atoms with Gasteiger partial charge in [-0.05, 0) is 36.8 Å². The Hall–Kier alpha value is -3.28. The highest BCUT2D eigenvalue weighted by Gasteiger charge is 2.30. The summed E-state index contributed by atoms with van der Waals surface area (Å²) in [5.41, 5.74) is 1.89. The van der Waals surface area contributed by atoms with E-state index in [-0.39, 0.29) is 24.1 Å². The fourth-order valence-corrected chi connectivity index (χ4v) is 6.53. The number of carbonyl (C=O) groups is 1. The van der Waals surface area contributed by atoms with Crippen molar-refractivity contribution in [3.8, 4) is 11.1 Å². The van der Waals surface area contributed by atoms with E-state index in [9.17, 15) is 14.0 Å². The first-order valence-electron chi connectivity index (χ1n) is 12.8. The number of anilines is 1. The van der Waals surface area contributed by atoms with Gasteiger partial charge in [0.1, 0.15) is 17.5 Å². The fraction of sp³-hybridized carbons (Fsp3) is 0.393. The van der Waals surface area contributed by atoms with Crippen molar-refractivity contribution in [1.29, 1.82) is 0 Å². The molecule has 3 aromatic rings. The highest BCUT2D eigenvalue weighted by atomic mass is 32.2. The van der Waals surface area contributed by atoms with Crippen LogP contribution < -0.4 is 10.6 Å². The molecule has 1 fully saturated rings. The number of hydrogen-bond donors (Lipinski definition) is 0. The molecule has 11 heteroatoms. The number of benzene rings is 2. The van der Waals surface area contributed by atoms with Crippen LogP contribution in [0.5, 0.6) is 0 Å². The van der Waals surface area contributed by atoms with E-state index in [0.29, 0.717) is 62.0 Å². The van der Waals surface area contributed by atoms with Gasteiger partial charge in [0, 0.05) is 66.5 Å². The number of amides is 1. The van der Waals surface area contributed by atoms with Crippen LogP contribution in [-0.4, -0.2) is 78.7 Å². The number of methoxy groups -OCH3 is 1. The van der Waals surface area contributed by atoms with Crippen molar-refractivity contribution in [3.05, 3.63) is 64.6 Å². The molecule has 0 saturated carbocycles. The summed E-state index contributed by atoms with van der Waals surface area (Å²) in [5, 5.41) is 0.766. The third-order valence-electron chi connectivity index (χ3n) is 7.10. The van der Waals surface area contributed by atoms with Gasteiger partial charge in [-0.2, -0.15) is 4.98 Å². The second-order valence-corrected chi connectivity index (χ2v) is 10.6. The molecule has 5 rings (SSSR count). The minimum Gasteiger partial charge on any atom is -0.382 e. The van der Waals surface area contributed by atoms with Crippen LogP contribution >= 0.6 is 11.8 Å². The van der Waals surface area contributed by atoms with Crippen molar-refractivity contribution in [2.24, 2.45) is 0 Å². The normalized spacial score (nSPS) is 17.4. The zero-order valence-corrected chi connectivity index (χ0v) is 22.7. The maximum atomic E-state index is 15.1. The minimum atomic E-state index is -0.669. The van der Waals surface area contributed by atoms with Crippen molar-refractivity contribution in [3.63, 3.8) is 0 Å². The number of thioether (sulfide) groups is 1. The smallest absolute Gasteiger partial charge is 0.350 e.